The Morgan fingerprint density at radius 3 is 2.26 bits per heavy atom. The van der Waals surface area contributed by atoms with E-state index in [9.17, 15) is 14.4 Å². The largest absolute Gasteiger partial charge is 0.496 e. The van der Waals surface area contributed by atoms with Crippen LogP contribution in [0.2, 0.25) is 0 Å². The molecule has 206 valence electrons. The van der Waals surface area contributed by atoms with E-state index in [2.05, 4.69) is 21.7 Å². The van der Waals surface area contributed by atoms with Gasteiger partial charge in [-0.1, -0.05) is 6.07 Å². The van der Waals surface area contributed by atoms with Crippen molar-refractivity contribution in [3.63, 3.8) is 0 Å². The van der Waals surface area contributed by atoms with Crippen molar-refractivity contribution < 1.29 is 19.1 Å². The van der Waals surface area contributed by atoms with Gasteiger partial charge in [-0.25, -0.2) is 0 Å². The Balaban J connectivity index is 1.19. The van der Waals surface area contributed by atoms with E-state index in [0.717, 1.165) is 61.1 Å². The Kier molecular flexibility index (Phi) is 7.88. The molecule has 0 atom stereocenters. The molecular formula is C30H37N5O4. The van der Waals surface area contributed by atoms with Crippen LogP contribution in [0, 0.1) is 0 Å². The minimum Gasteiger partial charge on any atom is -0.496 e. The standard InChI is InChI=1S/C30H37N5O4/c1-21(36)33-15-17-34(18-16-33)30(38)25-5-6-28(39-2)23(19-25)7-11-32-12-9-26(10-13-32)35-14-8-22-3-4-24(29(31)37)20-27(22)35/h3-6,8,14,19-20,26H,7,9-13,15-18H2,1-2H3,(H2,31,37). The molecule has 39 heavy (non-hydrogen) atoms. The molecule has 2 aliphatic heterocycles. The first kappa shape index (κ1) is 26.7. The molecule has 0 radical (unpaired) electrons. The van der Waals surface area contributed by atoms with Gasteiger partial charge >= 0.3 is 0 Å². The number of benzene rings is 2. The van der Waals surface area contributed by atoms with Gasteiger partial charge in [-0.15, -0.1) is 0 Å². The number of nitrogens with zero attached hydrogens (tertiary/aromatic N) is 4. The summed E-state index contributed by atoms with van der Waals surface area (Å²) in [5, 5.41) is 1.12. The number of primary amides is 1. The Morgan fingerprint density at radius 1 is 0.897 bits per heavy atom. The molecule has 3 heterocycles. The van der Waals surface area contributed by atoms with Crippen LogP contribution in [-0.4, -0.2) is 89.9 Å². The lowest BCUT2D eigenvalue weighted by atomic mass is 10.0. The highest BCUT2D eigenvalue weighted by molar-refractivity contribution is 5.97. The number of ether oxygens (including phenoxy) is 1. The van der Waals surface area contributed by atoms with Crippen LogP contribution in [0.15, 0.2) is 48.7 Å². The van der Waals surface area contributed by atoms with E-state index in [4.69, 9.17) is 10.5 Å². The van der Waals surface area contributed by atoms with E-state index in [1.807, 2.05) is 35.2 Å². The molecule has 9 nitrogen and oxygen atoms in total. The molecule has 5 rings (SSSR count). The number of likely N-dealkylation sites (tertiary alicyclic amines) is 1. The summed E-state index contributed by atoms with van der Waals surface area (Å²) in [6.45, 7) is 6.65. The van der Waals surface area contributed by atoms with Crippen molar-refractivity contribution in [2.45, 2.75) is 32.2 Å². The predicted octanol–water partition coefficient (Wildman–Crippen LogP) is 2.93. The predicted molar refractivity (Wildman–Crippen MR) is 150 cm³/mol. The molecule has 1 aromatic heterocycles. The van der Waals surface area contributed by atoms with Crippen molar-refractivity contribution in [3.05, 3.63) is 65.4 Å². The van der Waals surface area contributed by atoms with Gasteiger partial charge in [-0.2, -0.15) is 0 Å². The van der Waals surface area contributed by atoms with Crippen molar-refractivity contribution >= 4 is 28.6 Å². The quantitative estimate of drug-likeness (QED) is 0.505. The van der Waals surface area contributed by atoms with Crippen LogP contribution >= 0.6 is 0 Å². The molecule has 3 amide bonds. The lowest BCUT2D eigenvalue weighted by Gasteiger charge is -2.34. The van der Waals surface area contributed by atoms with Crippen LogP contribution in [0.4, 0.5) is 0 Å². The van der Waals surface area contributed by atoms with E-state index in [0.29, 0.717) is 43.3 Å². The molecule has 0 unspecified atom stereocenters. The fraction of sp³-hybridized carbons (Fsp3) is 0.433. The third kappa shape index (κ3) is 5.78. The maximum Gasteiger partial charge on any atom is 0.253 e. The summed E-state index contributed by atoms with van der Waals surface area (Å²) in [6.07, 6.45) is 4.95. The lowest BCUT2D eigenvalue weighted by molar-refractivity contribution is -0.130. The average molecular weight is 532 g/mol. The fourth-order valence-corrected chi connectivity index (χ4v) is 5.83. The minimum atomic E-state index is -0.406. The van der Waals surface area contributed by atoms with Crippen LogP contribution in [0.3, 0.4) is 0 Å². The second-order valence-electron chi connectivity index (χ2n) is 10.5. The van der Waals surface area contributed by atoms with Gasteiger partial charge in [0.05, 0.1) is 7.11 Å². The number of hydrogen-bond acceptors (Lipinski definition) is 5. The highest BCUT2D eigenvalue weighted by Crippen LogP contribution is 2.29. The summed E-state index contributed by atoms with van der Waals surface area (Å²) in [4.78, 5) is 42.5. The molecule has 2 fully saturated rings. The topological polar surface area (TPSA) is 101 Å². The first-order valence-corrected chi connectivity index (χ1v) is 13.7. The van der Waals surface area contributed by atoms with Crippen molar-refractivity contribution in [1.29, 1.82) is 0 Å². The normalized spacial score (nSPS) is 17.0. The van der Waals surface area contributed by atoms with Crippen molar-refractivity contribution in [2.24, 2.45) is 5.73 Å². The highest BCUT2D eigenvalue weighted by atomic mass is 16.5. The highest BCUT2D eigenvalue weighted by Gasteiger charge is 2.25. The Hall–Kier alpha value is -3.85. The van der Waals surface area contributed by atoms with E-state index in [-0.39, 0.29) is 11.8 Å². The number of carbonyl (C=O) groups excluding carboxylic acids is 3. The number of fused-ring (bicyclic) bond motifs is 1. The van der Waals surface area contributed by atoms with E-state index >= 15 is 0 Å². The fourth-order valence-electron chi connectivity index (χ4n) is 5.83. The molecule has 0 bridgehead atoms. The Labute approximate surface area is 229 Å². The van der Waals surface area contributed by atoms with Crippen molar-refractivity contribution in [1.82, 2.24) is 19.3 Å². The van der Waals surface area contributed by atoms with Crippen LogP contribution in [0.5, 0.6) is 5.75 Å². The summed E-state index contributed by atoms with van der Waals surface area (Å²) < 4.78 is 7.90. The number of methoxy groups -OCH3 is 1. The van der Waals surface area contributed by atoms with Gasteiger partial charge in [0.15, 0.2) is 0 Å². The van der Waals surface area contributed by atoms with Crippen molar-refractivity contribution in [2.75, 3.05) is 52.9 Å². The van der Waals surface area contributed by atoms with E-state index in [1.165, 1.54) is 0 Å². The number of carbonyl (C=O) groups is 3. The molecular weight excluding hydrogens is 494 g/mol. The number of hydrogen-bond donors (Lipinski definition) is 1. The molecule has 3 aromatic rings. The summed E-state index contributed by atoms with van der Waals surface area (Å²) in [5.74, 6) is 0.446. The van der Waals surface area contributed by atoms with Gasteiger partial charge < -0.3 is 29.7 Å². The Morgan fingerprint density at radius 2 is 1.59 bits per heavy atom. The van der Waals surface area contributed by atoms with Gasteiger partial charge in [-0.3, -0.25) is 14.4 Å². The molecule has 2 saturated heterocycles. The minimum absolute atomic E-state index is 0.00126. The third-order valence-corrected chi connectivity index (χ3v) is 8.20. The SMILES string of the molecule is COc1ccc(C(=O)N2CCN(C(C)=O)CC2)cc1CCN1CCC(n2ccc3ccc(C(N)=O)cc32)CC1. The maximum absolute atomic E-state index is 13.2. The summed E-state index contributed by atoms with van der Waals surface area (Å²) in [7, 11) is 1.66. The number of aromatic nitrogens is 1. The smallest absolute Gasteiger partial charge is 0.253 e. The summed E-state index contributed by atoms with van der Waals surface area (Å²) >= 11 is 0. The maximum atomic E-state index is 13.2. The third-order valence-electron chi connectivity index (χ3n) is 8.20. The molecule has 0 spiro atoms. The molecule has 2 N–H and O–H groups in total. The summed E-state index contributed by atoms with van der Waals surface area (Å²) in [6, 6.07) is 13.8. The number of piperazine rings is 1. The second kappa shape index (κ2) is 11.5. The zero-order valence-electron chi connectivity index (χ0n) is 22.8. The molecule has 0 saturated carbocycles. The van der Waals surface area contributed by atoms with Gasteiger partial charge in [0.2, 0.25) is 11.8 Å². The van der Waals surface area contributed by atoms with Gasteiger partial charge in [-0.05, 0) is 66.6 Å². The second-order valence-corrected chi connectivity index (χ2v) is 10.5. The van der Waals surface area contributed by atoms with Crippen LogP contribution < -0.4 is 10.5 Å². The van der Waals surface area contributed by atoms with Gasteiger partial charge in [0, 0.05) is 81.6 Å². The number of piperidine rings is 1. The number of rotatable bonds is 7. The number of amides is 3. The Bertz CT molecular complexity index is 1370. The van der Waals surface area contributed by atoms with Crippen LogP contribution in [0.1, 0.15) is 52.1 Å². The molecule has 9 heteroatoms. The van der Waals surface area contributed by atoms with Gasteiger partial charge in [0.25, 0.3) is 5.91 Å². The monoisotopic (exact) mass is 531 g/mol. The van der Waals surface area contributed by atoms with Crippen LogP contribution in [0.25, 0.3) is 10.9 Å². The molecule has 0 aliphatic carbocycles. The van der Waals surface area contributed by atoms with Crippen LogP contribution in [-0.2, 0) is 11.2 Å². The van der Waals surface area contributed by atoms with E-state index in [1.54, 1.807) is 25.0 Å². The zero-order chi connectivity index (χ0) is 27.5. The van der Waals surface area contributed by atoms with Gasteiger partial charge in [0.1, 0.15) is 5.75 Å². The first-order chi connectivity index (χ1) is 18.8. The lowest BCUT2D eigenvalue weighted by Crippen LogP contribution is -2.50. The summed E-state index contributed by atoms with van der Waals surface area (Å²) in [5.41, 5.74) is 8.79. The van der Waals surface area contributed by atoms with Crippen molar-refractivity contribution in [3.8, 4) is 5.75 Å². The molecule has 2 aliphatic rings. The average Bonchev–Trinajstić information content (AvgIpc) is 3.39. The first-order valence-electron chi connectivity index (χ1n) is 13.7. The number of nitrogens with two attached hydrogens (primary N) is 1. The zero-order valence-corrected chi connectivity index (χ0v) is 22.8. The molecule has 2 aromatic carbocycles. The van der Waals surface area contributed by atoms with E-state index < -0.39 is 5.91 Å².